The van der Waals surface area contributed by atoms with Crippen molar-refractivity contribution in [2.75, 3.05) is 18.6 Å². The monoisotopic (exact) mass is 345 g/mol. The van der Waals surface area contributed by atoms with Gasteiger partial charge in [-0.05, 0) is 24.3 Å². The van der Waals surface area contributed by atoms with Crippen molar-refractivity contribution in [3.8, 4) is 11.5 Å². The molecule has 0 aromatic heterocycles. The van der Waals surface area contributed by atoms with Crippen LogP contribution in [0.25, 0.3) is 0 Å². The van der Waals surface area contributed by atoms with E-state index < -0.39 is 11.9 Å². The Labute approximate surface area is 144 Å². The highest BCUT2D eigenvalue weighted by atomic mass is 35.5. The Kier molecular flexibility index (Phi) is 4.71. The maximum Gasteiger partial charge on any atom is 0.316 e. The van der Waals surface area contributed by atoms with Crippen LogP contribution in [0.3, 0.4) is 0 Å². The predicted octanol–water partition coefficient (Wildman–Crippen LogP) is 3.31. The minimum atomic E-state index is -0.543. The van der Waals surface area contributed by atoms with Crippen molar-refractivity contribution in [1.82, 2.24) is 0 Å². The predicted molar refractivity (Wildman–Crippen MR) is 90.5 cm³/mol. The van der Waals surface area contributed by atoms with Gasteiger partial charge in [-0.3, -0.25) is 9.59 Å². The third-order valence-electron chi connectivity index (χ3n) is 3.88. The van der Waals surface area contributed by atoms with Gasteiger partial charge in [0, 0.05) is 13.0 Å². The fourth-order valence-electron chi connectivity index (χ4n) is 2.66. The van der Waals surface area contributed by atoms with Crippen LogP contribution in [-0.4, -0.2) is 25.5 Å². The number of carbonyl (C=O) groups is 2. The summed E-state index contributed by atoms with van der Waals surface area (Å²) in [7, 11) is 1.50. The maximum absolute atomic E-state index is 12.4. The lowest BCUT2D eigenvalue weighted by Crippen LogP contribution is -2.27. The molecule has 0 bridgehead atoms. The van der Waals surface area contributed by atoms with E-state index in [4.69, 9.17) is 21.1 Å². The fraction of sp³-hybridized carbons (Fsp3) is 0.222. The van der Waals surface area contributed by atoms with Crippen LogP contribution in [0.4, 0.5) is 5.69 Å². The van der Waals surface area contributed by atoms with E-state index in [9.17, 15) is 9.59 Å². The highest BCUT2D eigenvalue weighted by molar-refractivity contribution is 6.33. The molecule has 1 fully saturated rings. The van der Waals surface area contributed by atoms with Crippen LogP contribution in [0.2, 0.25) is 5.02 Å². The average molecular weight is 346 g/mol. The number of methoxy groups -OCH3 is 1. The van der Waals surface area contributed by atoms with Crippen molar-refractivity contribution in [2.24, 2.45) is 5.92 Å². The minimum Gasteiger partial charge on any atom is -0.493 e. The summed E-state index contributed by atoms with van der Waals surface area (Å²) in [6.45, 7) is 0.247. The number of hydrogen-bond donors (Lipinski definition) is 0. The largest absolute Gasteiger partial charge is 0.493 e. The zero-order valence-electron chi connectivity index (χ0n) is 13.1. The van der Waals surface area contributed by atoms with Crippen molar-refractivity contribution in [3.05, 3.63) is 53.6 Å². The first-order chi connectivity index (χ1) is 11.6. The maximum atomic E-state index is 12.4. The Morgan fingerprint density at radius 3 is 2.50 bits per heavy atom. The first-order valence-electron chi connectivity index (χ1n) is 7.49. The number of benzene rings is 2. The third-order valence-corrected chi connectivity index (χ3v) is 4.20. The summed E-state index contributed by atoms with van der Waals surface area (Å²) >= 11 is 6.14. The van der Waals surface area contributed by atoms with Crippen molar-refractivity contribution in [1.29, 1.82) is 0 Å². The number of hydrogen-bond acceptors (Lipinski definition) is 4. The number of nitrogens with zero attached hydrogens (tertiary/aromatic N) is 1. The van der Waals surface area contributed by atoms with Gasteiger partial charge in [0.25, 0.3) is 0 Å². The molecule has 24 heavy (non-hydrogen) atoms. The first kappa shape index (κ1) is 16.3. The zero-order valence-corrected chi connectivity index (χ0v) is 13.8. The van der Waals surface area contributed by atoms with Crippen molar-refractivity contribution >= 4 is 29.2 Å². The molecule has 2 aromatic rings. The van der Waals surface area contributed by atoms with E-state index in [2.05, 4.69) is 0 Å². The summed E-state index contributed by atoms with van der Waals surface area (Å²) < 4.78 is 10.6. The molecule has 124 valence electrons. The summed E-state index contributed by atoms with van der Waals surface area (Å²) in [4.78, 5) is 26.2. The molecule has 0 radical (unpaired) electrons. The molecule has 1 heterocycles. The van der Waals surface area contributed by atoms with E-state index in [0.29, 0.717) is 22.2 Å². The van der Waals surface area contributed by atoms with Gasteiger partial charge in [-0.25, -0.2) is 0 Å². The topological polar surface area (TPSA) is 55.8 Å². The summed E-state index contributed by atoms with van der Waals surface area (Å²) in [5.74, 6) is -0.335. The number of para-hydroxylation sites is 3. The zero-order chi connectivity index (χ0) is 17.1. The molecule has 0 saturated carbocycles. The molecule has 1 aliphatic rings. The lowest BCUT2D eigenvalue weighted by atomic mass is 10.1. The van der Waals surface area contributed by atoms with Crippen LogP contribution >= 0.6 is 11.6 Å². The quantitative estimate of drug-likeness (QED) is 0.630. The van der Waals surface area contributed by atoms with E-state index in [1.165, 1.54) is 12.0 Å². The molecular formula is C18H16ClNO4. The van der Waals surface area contributed by atoms with Gasteiger partial charge in [-0.1, -0.05) is 35.9 Å². The number of ether oxygens (including phenoxy) is 2. The van der Waals surface area contributed by atoms with E-state index in [-0.39, 0.29) is 18.9 Å². The van der Waals surface area contributed by atoms with E-state index in [0.717, 1.165) is 0 Å². The van der Waals surface area contributed by atoms with Gasteiger partial charge < -0.3 is 14.4 Å². The van der Waals surface area contributed by atoms with Crippen molar-refractivity contribution in [2.45, 2.75) is 6.42 Å². The Morgan fingerprint density at radius 2 is 1.79 bits per heavy atom. The second-order valence-corrected chi connectivity index (χ2v) is 5.84. The van der Waals surface area contributed by atoms with Gasteiger partial charge in [0.1, 0.15) is 0 Å². The molecule has 1 amide bonds. The first-order valence-corrected chi connectivity index (χ1v) is 7.87. The molecular weight excluding hydrogens is 330 g/mol. The van der Waals surface area contributed by atoms with Crippen LogP contribution in [0.1, 0.15) is 6.42 Å². The lowest BCUT2D eigenvalue weighted by Gasteiger charge is -2.18. The van der Waals surface area contributed by atoms with Crippen LogP contribution in [0, 0.1) is 5.92 Å². The molecule has 0 aliphatic carbocycles. The second kappa shape index (κ2) is 6.93. The minimum absolute atomic E-state index is 0.0964. The number of amides is 1. The van der Waals surface area contributed by atoms with Crippen LogP contribution in [-0.2, 0) is 9.59 Å². The highest BCUT2D eigenvalue weighted by Crippen LogP contribution is 2.32. The van der Waals surface area contributed by atoms with Gasteiger partial charge in [-0.2, -0.15) is 0 Å². The molecule has 1 atom stereocenters. The average Bonchev–Trinajstić information content (AvgIpc) is 2.97. The lowest BCUT2D eigenvalue weighted by molar-refractivity contribution is -0.139. The molecule has 0 spiro atoms. The molecule has 0 unspecified atom stereocenters. The molecule has 5 nitrogen and oxygen atoms in total. The molecule has 2 aromatic carbocycles. The Balaban J connectivity index is 1.74. The molecule has 6 heteroatoms. The number of halogens is 1. The van der Waals surface area contributed by atoms with E-state index in [1.54, 1.807) is 48.5 Å². The van der Waals surface area contributed by atoms with Crippen molar-refractivity contribution in [3.63, 3.8) is 0 Å². The number of rotatable bonds is 4. The van der Waals surface area contributed by atoms with Gasteiger partial charge in [0.05, 0.1) is 23.7 Å². The van der Waals surface area contributed by atoms with Gasteiger partial charge in [-0.15, -0.1) is 0 Å². The second-order valence-electron chi connectivity index (χ2n) is 5.43. The number of esters is 1. The highest BCUT2D eigenvalue weighted by Gasteiger charge is 2.37. The molecule has 1 saturated heterocycles. The molecule has 0 N–H and O–H groups in total. The summed E-state index contributed by atoms with van der Waals surface area (Å²) in [5, 5.41) is 0.476. The summed E-state index contributed by atoms with van der Waals surface area (Å²) in [5.41, 5.74) is 0.608. The Bertz CT molecular complexity index is 777. The molecule has 3 rings (SSSR count). The fourth-order valence-corrected chi connectivity index (χ4v) is 2.90. The Hall–Kier alpha value is -2.53. The number of anilines is 1. The van der Waals surface area contributed by atoms with Gasteiger partial charge in [0.15, 0.2) is 11.5 Å². The summed E-state index contributed by atoms with van der Waals surface area (Å²) in [6.07, 6.45) is 0.0964. The normalized spacial score (nSPS) is 17.0. The Morgan fingerprint density at radius 1 is 1.12 bits per heavy atom. The summed E-state index contributed by atoms with van der Waals surface area (Å²) in [6, 6.07) is 14.0. The van der Waals surface area contributed by atoms with Crippen LogP contribution in [0.5, 0.6) is 11.5 Å². The number of carbonyl (C=O) groups excluding carboxylic acids is 2. The van der Waals surface area contributed by atoms with Crippen LogP contribution in [0.15, 0.2) is 48.5 Å². The standard InChI is InChI=1S/C18H16ClNO4/c1-23-15-8-4-5-9-16(15)24-18(22)12-10-17(21)20(11-12)14-7-3-2-6-13(14)19/h2-9,12H,10-11H2,1H3/t12-/m1/s1. The van der Waals surface area contributed by atoms with Crippen molar-refractivity contribution < 1.29 is 19.1 Å². The van der Waals surface area contributed by atoms with Gasteiger partial charge >= 0.3 is 5.97 Å². The van der Waals surface area contributed by atoms with E-state index >= 15 is 0 Å². The van der Waals surface area contributed by atoms with Gasteiger partial charge in [0.2, 0.25) is 5.91 Å². The van der Waals surface area contributed by atoms with E-state index in [1.807, 2.05) is 0 Å². The van der Waals surface area contributed by atoms with Crippen LogP contribution < -0.4 is 14.4 Å². The molecule has 1 aliphatic heterocycles. The SMILES string of the molecule is COc1ccccc1OC(=O)[C@@H]1CC(=O)N(c2ccccc2Cl)C1. The smallest absolute Gasteiger partial charge is 0.316 e. The third kappa shape index (κ3) is 3.21.